The van der Waals surface area contributed by atoms with Crippen LogP contribution in [0.5, 0.6) is 0 Å². The van der Waals surface area contributed by atoms with Gasteiger partial charge in [-0.05, 0) is 43.9 Å². The van der Waals surface area contributed by atoms with Gasteiger partial charge in [0.05, 0.1) is 0 Å². The van der Waals surface area contributed by atoms with E-state index in [0.717, 1.165) is 17.8 Å². The van der Waals surface area contributed by atoms with Crippen molar-refractivity contribution in [3.05, 3.63) is 29.6 Å². The Morgan fingerprint density at radius 3 is 2.68 bits per heavy atom. The Bertz CT molecular complexity index is 413. The van der Waals surface area contributed by atoms with Crippen LogP contribution >= 0.6 is 0 Å². The summed E-state index contributed by atoms with van der Waals surface area (Å²) in [6.07, 6.45) is 3.75. The third-order valence-corrected chi connectivity index (χ3v) is 3.95. The SMILES string of the molecule is CC(C)CNCc1c(F)cccc1N(C)C1CCC1. The number of hydrogen-bond acceptors (Lipinski definition) is 2. The van der Waals surface area contributed by atoms with E-state index in [2.05, 4.69) is 31.1 Å². The second-order valence-electron chi connectivity index (χ2n) is 5.96. The summed E-state index contributed by atoms with van der Waals surface area (Å²) >= 11 is 0. The van der Waals surface area contributed by atoms with Crippen LogP contribution in [0.25, 0.3) is 0 Å². The zero-order chi connectivity index (χ0) is 13.8. The molecule has 0 bridgehead atoms. The number of anilines is 1. The summed E-state index contributed by atoms with van der Waals surface area (Å²) in [6.45, 7) is 5.85. The van der Waals surface area contributed by atoms with E-state index in [1.165, 1.54) is 19.3 Å². The number of halogens is 1. The minimum Gasteiger partial charge on any atom is -0.371 e. The lowest BCUT2D eigenvalue weighted by atomic mass is 9.91. The number of nitrogens with one attached hydrogen (secondary N) is 1. The van der Waals surface area contributed by atoms with Gasteiger partial charge in [0.15, 0.2) is 0 Å². The van der Waals surface area contributed by atoms with E-state index < -0.39 is 0 Å². The monoisotopic (exact) mass is 264 g/mol. The van der Waals surface area contributed by atoms with Crippen LogP contribution in [0.15, 0.2) is 18.2 Å². The van der Waals surface area contributed by atoms with Gasteiger partial charge in [-0.3, -0.25) is 0 Å². The number of rotatable bonds is 6. The Hall–Kier alpha value is -1.09. The molecule has 0 unspecified atom stereocenters. The fourth-order valence-corrected chi connectivity index (χ4v) is 2.51. The lowest BCUT2D eigenvalue weighted by molar-refractivity contribution is 0.399. The predicted octanol–water partition coefficient (Wildman–Crippen LogP) is 3.56. The molecule has 1 aromatic rings. The van der Waals surface area contributed by atoms with Gasteiger partial charge in [0.2, 0.25) is 0 Å². The largest absolute Gasteiger partial charge is 0.371 e. The van der Waals surface area contributed by atoms with E-state index >= 15 is 0 Å². The van der Waals surface area contributed by atoms with Gasteiger partial charge in [0, 0.05) is 30.9 Å². The highest BCUT2D eigenvalue weighted by atomic mass is 19.1. The summed E-state index contributed by atoms with van der Waals surface area (Å²) in [5.41, 5.74) is 1.85. The highest BCUT2D eigenvalue weighted by Gasteiger charge is 2.24. The second-order valence-corrected chi connectivity index (χ2v) is 5.96. The maximum Gasteiger partial charge on any atom is 0.129 e. The summed E-state index contributed by atoms with van der Waals surface area (Å²) in [6, 6.07) is 6.00. The van der Waals surface area contributed by atoms with Crippen molar-refractivity contribution in [2.75, 3.05) is 18.5 Å². The van der Waals surface area contributed by atoms with Crippen molar-refractivity contribution in [2.45, 2.75) is 45.7 Å². The topological polar surface area (TPSA) is 15.3 Å². The summed E-state index contributed by atoms with van der Waals surface area (Å²) in [5, 5.41) is 3.35. The van der Waals surface area contributed by atoms with Crippen molar-refractivity contribution >= 4 is 5.69 Å². The molecule has 1 fully saturated rings. The van der Waals surface area contributed by atoms with E-state index in [-0.39, 0.29) is 5.82 Å². The van der Waals surface area contributed by atoms with Gasteiger partial charge in [-0.25, -0.2) is 4.39 Å². The van der Waals surface area contributed by atoms with Crippen LogP contribution < -0.4 is 10.2 Å². The molecule has 1 aromatic carbocycles. The number of nitrogens with zero attached hydrogens (tertiary/aromatic N) is 1. The molecule has 0 saturated heterocycles. The minimum atomic E-state index is -0.0973. The van der Waals surface area contributed by atoms with Crippen LogP contribution in [-0.4, -0.2) is 19.6 Å². The van der Waals surface area contributed by atoms with Crippen LogP contribution in [0.2, 0.25) is 0 Å². The van der Waals surface area contributed by atoms with Crippen LogP contribution in [0.3, 0.4) is 0 Å². The fourth-order valence-electron chi connectivity index (χ4n) is 2.51. The molecule has 2 nitrogen and oxygen atoms in total. The number of hydrogen-bond donors (Lipinski definition) is 1. The third kappa shape index (κ3) is 3.47. The van der Waals surface area contributed by atoms with Gasteiger partial charge in [-0.2, -0.15) is 0 Å². The first-order valence-corrected chi connectivity index (χ1v) is 7.30. The average Bonchev–Trinajstić information content (AvgIpc) is 2.28. The first-order valence-electron chi connectivity index (χ1n) is 7.30. The maximum absolute atomic E-state index is 14.1. The highest BCUT2D eigenvalue weighted by Crippen LogP contribution is 2.31. The molecule has 106 valence electrons. The normalized spacial score (nSPS) is 15.6. The van der Waals surface area contributed by atoms with E-state index in [9.17, 15) is 4.39 Å². The molecule has 1 aliphatic carbocycles. The molecule has 1 N–H and O–H groups in total. The fraction of sp³-hybridized carbons (Fsp3) is 0.625. The first kappa shape index (κ1) is 14.3. The third-order valence-electron chi connectivity index (χ3n) is 3.95. The molecule has 0 aromatic heterocycles. The minimum absolute atomic E-state index is 0.0973. The Morgan fingerprint density at radius 2 is 2.11 bits per heavy atom. The van der Waals surface area contributed by atoms with E-state index in [1.54, 1.807) is 6.07 Å². The number of benzene rings is 1. The Morgan fingerprint density at radius 1 is 1.37 bits per heavy atom. The molecule has 0 amide bonds. The van der Waals surface area contributed by atoms with Crippen molar-refractivity contribution in [1.82, 2.24) is 5.32 Å². The van der Waals surface area contributed by atoms with Crippen LogP contribution in [0, 0.1) is 11.7 Å². The lowest BCUT2D eigenvalue weighted by Gasteiger charge is -2.37. The van der Waals surface area contributed by atoms with Crippen molar-refractivity contribution < 1.29 is 4.39 Å². The average molecular weight is 264 g/mol. The molecule has 0 spiro atoms. The molecule has 3 heteroatoms. The summed E-state index contributed by atoms with van der Waals surface area (Å²) in [7, 11) is 2.09. The van der Waals surface area contributed by atoms with Gasteiger partial charge >= 0.3 is 0 Å². The Balaban J connectivity index is 2.10. The molecule has 0 radical (unpaired) electrons. The van der Waals surface area contributed by atoms with Gasteiger partial charge in [0.1, 0.15) is 5.82 Å². The zero-order valence-corrected chi connectivity index (χ0v) is 12.2. The van der Waals surface area contributed by atoms with E-state index in [0.29, 0.717) is 18.5 Å². The summed E-state index contributed by atoms with van der Waals surface area (Å²) in [5.74, 6) is 0.486. The van der Waals surface area contributed by atoms with Crippen molar-refractivity contribution in [1.29, 1.82) is 0 Å². The molecule has 0 atom stereocenters. The Labute approximate surface area is 116 Å². The van der Waals surface area contributed by atoms with E-state index in [4.69, 9.17) is 0 Å². The Kier molecular flexibility index (Phi) is 4.81. The summed E-state index contributed by atoms with van der Waals surface area (Å²) < 4.78 is 14.1. The van der Waals surface area contributed by atoms with E-state index in [1.807, 2.05) is 12.1 Å². The zero-order valence-electron chi connectivity index (χ0n) is 12.2. The van der Waals surface area contributed by atoms with Gasteiger partial charge < -0.3 is 10.2 Å². The smallest absolute Gasteiger partial charge is 0.129 e. The van der Waals surface area contributed by atoms with Gasteiger partial charge in [0.25, 0.3) is 0 Å². The van der Waals surface area contributed by atoms with Crippen molar-refractivity contribution in [3.8, 4) is 0 Å². The molecule has 0 heterocycles. The predicted molar refractivity (Wildman–Crippen MR) is 79.0 cm³/mol. The molecule has 0 aliphatic heterocycles. The second kappa shape index (κ2) is 6.38. The van der Waals surface area contributed by atoms with Crippen molar-refractivity contribution in [2.24, 2.45) is 5.92 Å². The van der Waals surface area contributed by atoms with Gasteiger partial charge in [-0.15, -0.1) is 0 Å². The van der Waals surface area contributed by atoms with Crippen LogP contribution in [-0.2, 0) is 6.54 Å². The van der Waals surface area contributed by atoms with Crippen LogP contribution in [0.1, 0.15) is 38.7 Å². The molecule has 2 rings (SSSR count). The maximum atomic E-state index is 14.1. The van der Waals surface area contributed by atoms with Crippen molar-refractivity contribution in [3.63, 3.8) is 0 Å². The highest BCUT2D eigenvalue weighted by molar-refractivity contribution is 5.54. The molecule has 1 aliphatic rings. The lowest BCUT2D eigenvalue weighted by Crippen LogP contribution is -2.38. The van der Waals surface area contributed by atoms with Crippen LogP contribution in [0.4, 0.5) is 10.1 Å². The quantitative estimate of drug-likeness (QED) is 0.845. The molecular formula is C16H25FN2. The molecule has 1 saturated carbocycles. The summed E-state index contributed by atoms with van der Waals surface area (Å²) in [4.78, 5) is 2.25. The molecular weight excluding hydrogens is 239 g/mol. The molecule has 19 heavy (non-hydrogen) atoms. The standard InChI is InChI=1S/C16H25FN2/c1-12(2)10-18-11-14-15(17)8-5-9-16(14)19(3)13-6-4-7-13/h5,8-9,12-13,18H,4,6-7,10-11H2,1-3H3. The van der Waals surface area contributed by atoms with Gasteiger partial charge in [-0.1, -0.05) is 19.9 Å². The first-order chi connectivity index (χ1) is 9.09.